The highest BCUT2D eigenvalue weighted by atomic mass is 19.1. The summed E-state index contributed by atoms with van der Waals surface area (Å²) in [4.78, 5) is 4.12. The molecule has 0 aromatic heterocycles. The Labute approximate surface area is 137 Å². The van der Waals surface area contributed by atoms with Gasteiger partial charge in [0.2, 0.25) is 0 Å². The number of nitrogens with zero attached hydrogens (tertiary/aromatic N) is 1. The van der Waals surface area contributed by atoms with Crippen molar-refractivity contribution in [2.24, 2.45) is 4.99 Å². The van der Waals surface area contributed by atoms with Crippen molar-refractivity contribution >= 4 is 5.96 Å². The predicted molar refractivity (Wildman–Crippen MR) is 88.5 cm³/mol. The number of aliphatic imine (C=N–C) groups is 1. The number of methoxy groups -OCH3 is 2. The molecule has 23 heavy (non-hydrogen) atoms. The fourth-order valence-electron chi connectivity index (χ4n) is 1.85. The zero-order valence-electron chi connectivity index (χ0n) is 14.0. The molecule has 0 aliphatic heterocycles. The highest BCUT2D eigenvalue weighted by molar-refractivity contribution is 5.79. The molecule has 0 saturated heterocycles. The molecule has 0 heterocycles. The van der Waals surface area contributed by atoms with Gasteiger partial charge in [0, 0.05) is 33.9 Å². The second-order valence-electron chi connectivity index (χ2n) is 4.78. The van der Waals surface area contributed by atoms with Crippen molar-refractivity contribution in [1.29, 1.82) is 0 Å². The van der Waals surface area contributed by atoms with E-state index < -0.39 is 0 Å². The van der Waals surface area contributed by atoms with Crippen LogP contribution in [0.25, 0.3) is 0 Å². The maximum absolute atomic E-state index is 13.6. The van der Waals surface area contributed by atoms with Gasteiger partial charge >= 0.3 is 0 Å². The lowest BCUT2D eigenvalue weighted by molar-refractivity contribution is 0.0698. The minimum absolute atomic E-state index is 0.240. The molecule has 0 unspecified atom stereocenters. The number of rotatable bonds is 10. The quantitative estimate of drug-likeness (QED) is 0.388. The average Bonchev–Trinajstić information content (AvgIpc) is 2.57. The minimum Gasteiger partial charge on any atom is -0.494 e. The molecular weight excluding hydrogens is 301 g/mol. The van der Waals surface area contributed by atoms with E-state index in [9.17, 15) is 4.39 Å². The van der Waals surface area contributed by atoms with Gasteiger partial charge in [0.05, 0.1) is 20.3 Å². The van der Waals surface area contributed by atoms with E-state index in [2.05, 4.69) is 15.6 Å². The van der Waals surface area contributed by atoms with E-state index in [0.29, 0.717) is 32.3 Å². The summed E-state index contributed by atoms with van der Waals surface area (Å²) in [6.07, 6.45) is 0.863. The minimum atomic E-state index is -0.372. The van der Waals surface area contributed by atoms with Crippen molar-refractivity contribution < 1.29 is 18.6 Å². The third-order valence-electron chi connectivity index (χ3n) is 3.09. The fourth-order valence-corrected chi connectivity index (χ4v) is 1.85. The largest absolute Gasteiger partial charge is 0.494 e. The lowest BCUT2D eigenvalue weighted by atomic mass is 10.2. The van der Waals surface area contributed by atoms with E-state index in [1.807, 2.05) is 6.07 Å². The van der Waals surface area contributed by atoms with Crippen molar-refractivity contribution in [2.75, 3.05) is 47.6 Å². The van der Waals surface area contributed by atoms with E-state index >= 15 is 0 Å². The first-order valence-electron chi connectivity index (χ1n) is 7.55. The topological polar surface area (TPSA) is 64.1 Å². The van der Waals surface area contributed by atoms with Crippen LogP contribution >= 0.6 is 0 Å². The standard InChI is InChI=1S/C16H26FN3O3/c1-18-16(19-7-4-8-23-10-9-21-2)20-12-13-5-6-15(22-3)14(17)11-13/h5-6,11H,4,7-10,12H2,1-3H3,(H2,18,19,20). The number of halogens is 1. The number of nitrogens with one attached hydrogen (secondary N) is 2. The van der Waals surface area contributed by atoms with Crippen LogP contribution in [0.15, 0.2) is 23.2 Å². The Morgan fingerprint density at radius 3 is 2.65 bits per heavy atom. The third kappa shape index (κ3) is 7.80. The molecule has 0 amide bonds. The first kappa shape index (κ1) is 19.2. The summed E-state index contributed by atoms with van der Waals surface area (Å²) in [5.74, 6) is 0.533. The van der Waals surface area contributed by atoms with Crippen molar-refractivity contribution in [3.05, 3.63) is 29.6 Å². The Hall–Kier alpha value is -1.86. The second kappa shape index (κ2) is 11.7. The van der Waals surface area contributed by atoms with Crippen LogP contribution in [0.1, 0.15) is 12.0 Å². The highest BCUT2D eigenvalue weighted by Crippen LogP contribution is 2.17. The smallest absolute Gasteiger partial charge is 0.191 e. The molecule has 7 heteroatoms. The Bertz CT molecular complexity index is 484. The SMILES string of the molecule is CN=C(NCCCOCCOC)NCc1ccc(OC)c(F)c1. The summed E-state index contributed by atoms with van der Waals surface area (Å²) >= 11 is 0. The first-order valence-corrected chi connectivity index (χ1v) is 7.55. The lowest BCUT2D eigenvalue weighted by Gasteiger charge is -2.12. The lowest BCUT2D eigenvalue weighted by Crippen LogP contribution is -2.37. The van der Waals surface area contributed by atoms with E-state index in [0.717, 1.165) is 18.5 Å². The van der Waals surface area contributed by atoms with Gasteiger partial charge in [-0.05, 0) is 24.1 Å². The predicted octanol–water partition coefficient (Wildman–Crippen LogP) is 1.55. The number of ether oxygens (including phenoxy) is 3. The molecule has 0 radical (unpaired) electrons. The first-order chi connectivity index (χ1) is 11.2. The van der Waals surface area contributed by atoms with Crippen LogP contribution in [-0.4, -0.2) is 53.6 Å². The highest BCUT2D eigenvalue weighted by Gasteiger charge is 2.04. The van der Waals surface area contributed by atoms with Gasteiger partial charge in [-0.1, -0.05) is 6.07 Å². The van der Waals surface area contributed by atoms with Crippen molar-refractivity contribution in [3.63, 3.8) is 0 Å². The number of hydrogen-bond acceptors (Lipinski definition) is 4. The van der Waals surface area contributed by atoms with Crippen LogP contribution < -0.4 is 15.4 Å². The Balaban J connectivity index is 2.25. The van der Waals surface area contributed by atoms with Crippen LogP contribution in [0.3, 0.4) is 0 Å². The van der Waals surface area contributed by atoms with Crippen LogP contribution in [-0.2, 0) is 16.0 Å². The van der Waals surface area contributed by atoms with Crippen molar-refractivity contribution in [1.82, 2.24) is 10.6 Å². The molecule has 6 nitrogen and oxygen atoms in total. The summed E-state index contributed by atoms with van der Waals surface area (Å²) in [6.45, 7) is 3.09. The van der Waals surface area contributed by atoms with Crippen LogP contribution in [0.2, 0.25) is 0 Å². The molecule has 0 saturated carbocycles. The van der Waals surface area contributed by atoms with Gasteiger partial charge in [-0.15, -0.1) is 0 Å². The molecule has 0 atom stereocenters. The fraction of sp³-hybridized carbons (Fsp3) is 0.562. The van der Waals surface area contributed by atoms with Gasteiger partial charge in [0.15, 0.2) is 17.5 Å². The average molecular weight is 327 g/mol. The molecular formula is C16H26FN3O3. The Kier molecular flexibility index (Phi) is 9.74. The Morgan fingerprint density at radius 2 is 2.00 bits per heavy atom. The van der Waals surface area contributed by atoms with Gasteiger partial charge in [0.25, 0.3) is 0 Å². The Morgan fingerprint density at radius 1 is 1.17 bits per heavy atom. The molecule has 1 aromatic rings. The van der Waals surface area contributed by atoms with Gasteiger partial charge in [0.1, 0.15) is 0 Å². The van der Waals surface area contributed by atoms with Crippen LogP contribution in [0.4, 0.5) is 4.39 Å². The van der Waals surface area contributed by atoms with E-state index in [1.54, 1.807) is 20.2 Å². The maximum Gasteiger partial charge on any atom is 0.191 e. The number of hydrogen-bond donors (Lipinski definition) is 2. The molecule has 0 aliphatic carbocycles. The van der Waals surface area contributed by atoms with Gasteiger partial charge in [-0.3, -0.25) is 4.99 Å². The van der Waals surface area contributed by atoms with Crippen molar-refractivity contribution in [2.45, 2.75) is 13.0 Å². The molecule has 130 valence electrons. The van der Waals surface area contributed by atoms with Gasteiger partial charge < -0.3 is 24.8 Å². The van der Waals surface area contributed by atoms with E-state index in [1.165, 1.54) is 13.2 Å². The van der Waals surface area contributed by atoms with Crippen LogP contribution in [0.5, 0.6) is 5.75 Å². The zero-order valence-corrected chi connectivity index (χ0v) is 14.0. The van der Waals surface area contributed by atoms with E-state index in [4.69, 9.17) is 14.2 Å². The third-order valence-corrected chi connectivity index (χ3v) is 3.09. The van der Waals surface area contributed by atoms with Crippen LogP contribution in [0, 0.1) is 5.82 Å². The number of benzene rings is 1. The van der Waals surface area contributed by atoms with E-state index in [-0.39, 0.29) is 11.6 Å². The summed E-state index contributed by atoms with van der Waals surface area (Å²) in [6, 6.07) is 4.87. The second-order valence-corrected chi connectivity index (χ2v) is 4.78. The summed E-state index contributed by atoms with van der Waals surface area (Å²) < 4.78 is 28.8. The molecule has 2 N–H and O–H groups in total. The molecule has 0 aliphatic rings. The molecule has 0 fully saturated rings. The maximum atomic E-state index is 13.6. The molecule has 0 bridgehead atoms. The van der Waals surface area contributed by atoms with Gasteiger partial charge in [-0.25, -0.2) is 4.39 Å². The number of guanidine groups is 1. The van der Waals surface area contributed by atoms with Crippen molar-refractivity contribution in [3.8, 4) is 5.75 Å². The normalized spacial score (nSPS) is 11.4. The zero-order chi connectivity index (χ0) is 16.9. The molecule has 1 rings (SSSR count). The summed E-state index contributed by atoms with van der Waals surface area (Å²) in [5.41, 5.74) is 0.814. The van der Waals surface area contributed by atoms with Gasteiger partial charge in [-0.2, -0.15) is 0 Å². The summed E-state index contributed by atoms with van der Waals surface area (Å²) in [5, 5.41) is 6.31. The molecule has 1 aromatic carbocycles. The molecule has 0 spiro atoms. The monoisotopic (exact) mass is 327 g/mol. The summed E-state index contributed by atoms with van der Waals surface area (Å²) in [7, 11) is 4.79.